The first-order chi connectivity index (χ1) is 9.11. The molecule has 2 heterocycles. The Morgan fingerprint density at radius 1 is 1.53 bits per heavy atom. The van der Waals surface area contributed by atoms with E-state index in [1.807, 2.05) is 6.20 Å². The number of aromatic nitrogens is 1. The summed E-state index contributed by atoms with van der Waals surface area (Å²) in [7, 11) is 0. The Balaban J connectivity index is 2.15. The van der Waals surface area contributed by atoms with E-state index in [2.05, 4.69) is 58.0 Å². The van der Waals surface area contributed by atoms with Crippen molar-refractivity contribution >= 4 is 21.7 Å². The SMILES string of the molecule is CCNCc1cc(Br)cnc1N1CCC(C(C)C)C1. The van der Waals surface area contributed by atoms with Crippen LogP contribution in [-0.2, 0) is 6.54 Å². The fourth-order valence-corrected chi connectivity index (χ4v) is 3.05. The third-order valence-corrected chi connectivity index (χ3v) is 4.38. The molecule has 1 atom stereocenters. The third-order valence-electron chi connectivity index (χ3n) is 3.94. The number of nitrogens with zero attached hydrogens (tertiary/aromatic N) is 2. The summed E-state index contributed by atoms with van der Waals surface area (Å²) in [6, 6.07) is 2.19. The number of rotatable bonds is 5. The molecule has 0 saturated carbocycles. The van der Waals surface area contributed by atoms with Crippen molar-refractivity contribution < 1.29 is 0 Å². The molecule has 106 valence electrons. The Kier molecular flexibility index (Phi) is 5.22. The second-order valence-electron chi connectivity index (χ2n) is 5.66. The first kappa shape index (κ1) is 14.8. The lowest BCUT2D eigenvalue weighted by atomic mass is 9.95. The molecular formula is C15H24BrN3. The molecule has 0 bridgehead atoms. The molecule has 1 fully saturated rings. The summed E-state index contributed by atoms with van der Waals surface area (Å²) < 4.78 is 1.06. The highest BCUT2D eigenvalue weighted by Gasteiger charge is 2.26. The fraction of sp³-hybridized carbons (Fsp3) is 0.667. The van der Waals surface area contributed by atoms with Gasteiger partial charge in [-0.25, -0.2) is 4.98 Å². The average molecular weight is 326 g/mol. The summed E-state index contributed by atoms with van der Waals surface area (Å²) in [6.07, 6.45) is 3.20. The molecule has 1 saturated heterocycles. The van der Waals surface area contributed by atoms with Crippen LogP contribution in [0.4, 0.5) is 5.82 Å². The first-order valence-corrected chi connectivity index (χ1v) is 8.01. The third kappa shape index (κ3) is 3.69. The van der Waals surface area contributed by atoms with Crippen molar-refractivity contribution in [1.82, 2.24) is 10.3 Å². The van der Waals surface area contributed by atoms with Crippen molar-refractivity contribution in [3.8, 4) is 0 Å². The molecule has 19 heavy (non-hydrogen) atoms. The van der Waals surface area contributed by atoms with Crippen LogP contribution < -0.4 is 10.2 Å². The highest BCUT2D eigenvalue weighted by molar-refractivity contribution is 9.10. The number of hydrogen-bond acceptors (Lipinski definition) is 3. The zero-order valence-electron chi connectivity index (χ0n) is 12.1. The van der Waals surface area contributed by atoms with E-state index in [4.69, 9.17) is 0 Å². The van der Waals surface area contributed by atoms with Crippen LogP contribution in [0.5, 0.6) is 0 Å². The predicted octanol–water partition coefficient (Wildman–Crippen LogP) is 3.44. The number of pyridine rings is 1. The van der Waals surface area contributed by atoms with Crippen molar-refractivity contribution in [2.75, 3.05) is 24.5 Å². The van der Waals surface area contributed by atoms with Crippen LogP contribution in [0.15, 0.2) is 16.7 Å². The maximum absolute atomic E-state index is 4.65. The minimum Gasteiger partial charge on any atom is -0.356 e. The fourth-order valence-electron chi connectivity index (χ4n) is 2.67. The zero-order valence-corrected chi connectivity index (χ0v) is 13.7. The van der Waals surface area contributed by atoms with E-state index < -0.39 is 0 Å². The lowest BCUT2D eigenvalue weighted by Crippen LogP contribution is -2.25. The number of nitrogens with one attached hydrogen (secondary N) is 1. The molecule has 2 rings (SSSR count). The van der Waals surface area contributed by atoms with Crippen molar-refractivity contribution in [3.63, 3.8) is 0 Å². The summed E-state index contributed by atoms with van der Waals surface area (Å²) in [5, 5.41) is 3.40. The van der Waals surface area contributed by atoms with E-state index in [0.717, 1.165) is 48.3 Å². The molecule has 1 aromatic heterocycles. The summed E-state index contributed by atoms with van der Waals surface area (Å²) >= 11 is 3.52. The van der Waals surface area contributed by atoms with E-state index in [1.165, 1.54) is 12.0 Å². The quantitative estimate of drug-likeness (QED) is 0.898. The molecule has 0 aliphatic carbocycles. The van der Waals surface area contributed by atoms with Crippen LogP contribution in [0.1, 0.15) is 32.8 Å². The van der Waals surface area contributed by atoms with Crippen molar-refractivity contribution in [3.05, 3.63) is 22.3 Å². The molecule has 1 aromatic rings. The highest BCUT2D eigenvalue weighted by Crippen LogP contribution is 2.30. The van der Waals surface area contributed by atoms with Gasteiger partial charge in [-0.15, -0.1) is 0 Å². The smallest absolute Gasteiger partial charge is 0.133 e. The standard InChI is InChI=1S/C15H24BrN3/c1-4-17-8-13-7-14(16)9-18-15(13)19-6-5-12(10-19)11(2)3/h7,9,11-12,17H,4-6,8,10H2,1-3H3. The van der Waals surface area contributed by atoms with Gasteiger partial charge in [-0.1, -0.05) is 20.8 Å². The monoisotopic (exact) mass is 325 g/mol. The van der Waals surface area contributed by atoms with Gasteiger partial charge in [0.15, 0.2) is 0 Å². The van der Waals surface area contributed by atoms with Gasteiger partial charge in [0.2, 0.25) is 0 Å². The van der Waals surface area contributed by atoms with Gasteiger partial charge in [0, 0.05) is 35.9 Å². The lowest BCUT2D eigenvalue weighted by Gasteiger charge is -2.22. The van der Waals surface area contributed by atoms with Gasteiger partial charge < -0.3 is 10.2 Å². The summed E-state index contributed by atoms with van der Waals surface area (Å²) in [5.74, 6) is 2.72. The normalized spacial score (nSPS) is 19.4. The lowest BCUT2D eigenvalue weighted by molar-refractivity contribution is 0.422. The number of anilines is 1. The van der Waals surface area contributed by atoms with Crippen LogP contribution in [-0.4, -0.2) is 24.6 Å². The van der Waals surface area contributed by atoms with Crippen LogP contribution >= 0.6 is 15.9 Å². The van der Waals surface area contributed by atoms with E-state index in [-0.39, 0.29) is 0 Å². The Morgan fingerprint density at radius 2 is 2.32 bits per heavy atom. The highest BCUT2D eigenvalue weighted by atomic mass is 79.9. The van der Waals surface area contributed by atoms with Gasteiger partial charge in [-0.2, -0.15) is 0 Å². The second-order valence-corrected chi connectivity index (χ2v) is 6.57. The van der Waals surface area contributed by atoms with Gasteiger partial charge >= 0.3 is 0 Å². The predicted molar refractivity (Wildman–Crippen MR) is 84.5 cm³/mol. The van der Waals surface area contributed by atoms with Crippen LogP contribution in [0.3, 0.4) is 0 Å². The minimum atomic E-state index is 0.762. The van der Waals surface area contributed by atoms with Crippen LogP contribution in [0, 0.1) is 11.8 Å². The largest absolute Gasteiger partial charge is 0.356 e. The van der Waals surface area contributed by atoms with E-state index in [1.54, 1.807) is 0 Å². The van der Waals surface area contributed by atoms with Crippen molar-refractivity contribution in [2.45, 2.75) is 33.7 Å². The van der Waals surface area contributed by atoms with Crippen molar-refractivity contribution in [2.24, 2.45) is 11.8 Å². The maximum Gasteiger partial charge on any atom is 0.133 e. The molecule has 4 heteroatoms. The molecule has 0 spiro atoms. The van der Waals surface area contributed by atoms with E-state index >= 15 is 0 Å². The minimum absolute atomic E-state index is 0.762. The molecular weight excluding hydrogens is 302 g/mol. The molecule has 3 nitrogen and oxygen atoms in total. The van der Waals surface area contributed by atoms with Gasteiger partial charge in [-0.3, -0.25) is 0 Å². The molecule has 0 amide bonds. The molecule has 0 aromatic carbocycles. The Labute approximate surface area is 124 Å². The van der Waals surface area contributed by atoms with Gasteiger partial charge in [0.25, 0.3) is 0 Å². The molecule has 1 aliphatic heterocycles. The topological polar surface area (TPSA) is 28.2 Å². The number of hydrogen-bond donors (Lipinski definition) is 1. The molecule has 0 radical (unpaired) electrons. The van der Waals surface area contributed by atoms with Gasteiger partial charge in [0.1, 0.15) is 5.82 Å². The second kappa shape index (κ2) is 6.71. The zero-order chi connectivity index (χ0) is 13.8. The summed E-state index contributed by atoms with van der Waals surface area (Å²) in [4.78, 5) is 7.09. The average Bonchev–Trinajstić information content (AvgIpc) is 2.86. The summed E-state index contributed by atoms with van der Waals surface area (Å²) in [6.45, 7) is 10.9. The maximum atomic E-state index is 4.65. The Hall–Kier alpha value is -0.610. The van der Waals surface area contributed by atoms with Gasteiger partial charge in [0.05, 0.1) is 0 Å². The van der Waals surface area contributed by atoms with E-state index in [0.29, 0.717) is 0 Å². The Morgan fingerprint density at radius 3 is 2.95 bits per heavy atom. The molecule has 1 unspecified atom stereocenters. The summed E-state index contributed by atoms with van der Waals surface area (Å²) in [5.41, 5.74) is 1.29. The van der Waals surface area contributed by atoms with Crippen LogP contribution in [0.2, 0.25) is 0 Å². The number of halogens is 1. The first-order valence-electron chi connectivity index (χ1n) is 7.22. The van der Waals surface area contributed by atoms with Crippen molar-refractivity contribution in [1.29, 1.82) is 0 Å². The van der Waals surface area contributed by atoms with E-state index in [9.17, 15) is 0 Å². The Bertz CT molecular complexity index is 420. The molecule has 1 N–H and O–H groups in total. The molecule has 1 aliphatic rings. The van der Waals surface area contributed by atoms with Crippen LogP contribution in [0.25, 0.3) is 0 Å². The van der Waals surface area contributed by atoms with Gasteiger partial charge in [-0.05, 0) is 46.8 Å².